The highest BCUT2D eigenvalue weighted by atomic mass is 79.9. The summed E-state index contributed by atoms with van der Waals surface area (Å²) in [6.07, 6.45) is 0. The highest BCUT2D eigenvalue weighted by Gasteiger charge is 2.19. The van der Waals surface area contributed by atoms with Crippen molar-refractivity contribution in [1.82, 2.24) is 0 Å². The molecule has 2 rings (SSSR count). The van der Waals surface area contributed by atoms with Crippen molar-refractivity contribution in [3.05, 3.63) is 56.0 Å². The largest absolute Gasteiger partial charge is 0.506 e. The molecule has 0 fully saturated rings. The minimum Gasteiger partial charge on any atom is -0.506 e. The van der Waals surface area contributed by atoms with E-state index in [2.05, 4.69) is 37.2 Å². The number of halogens is 6. The van der Waals surface area contributed by atoms with Crippen LogP contribution in [0.2, 0.25) is 0 Å². The zero-order valence-electron chi connectivity index (χ0n) is 10.2. The van der Waals surface area contributed by atoms with Crippen LogP contribution in [0.1, 0.15) is 5.56 Å². The van der Waals surface area contributed by atoms with Gasteiger partial charge in [0.2, 0.25) is 0 Å². The summed E-state index contributed by atoms with van der Waals surface area (Å²) in [5.41, 5.74) is -0.358. The molecule has 2 aromatic carbocycles. The van der Waals surface area contributed by atoms with Gasteiger partial charge in [0.1, 0.15) is 11.4 Å². The highest BCUT2D eigenvalue weighted by Crippen LogP contribution is 2.34. The minimum absolute atomic E-state index is 0.0343. The van der Waals surface area contributed by atoms with Gasteiger partial charge in [0.15, 0.2) is 23.3 Å². The number of anilines is 1. The van der Waals surface area contributed by atoms with Gasteiger partial charge in [-0.15, -0.1) is 0 Å². The number of phenolic OH excluding ortho intramolecular Hbond substituents is 1. The number of aromatic hydroxyl groups is 1. The predicted molar refractivity (Wildman–Crippen MR) is 77.1 cm³/mol. The van der Waals surface area contributed by atoms with Gasteiger partial charge in [-0.25, -0.2) is 17.6 Å². The molecule has 0 bridgehead atoms. The summed E-state index contributed by atoms with van der Waals surface area (Å²) in [7, 11) is 0. The van der Waals surface area contributed by atoms with Crippen molar-refractivity contribution in [2.24, 2.45) is 0 Å². The van der Waals surface area contributed by atoms with Crippen LogP contribution in [0.3, 0.4) is 0 Å². The van der Waals surface area contributed by atoms with Crippen LogP contribution in [0, 0.1) is 23.3 Å². The summed E-state index contributed by atoms with van der Waals surface area (Å²) >= 11 is 6.20. The van der Waals surface area contributed by atoms with Crippen LogP contribution in [-0.2, 0) is 6.54 Å². The lowest BCUT2D eigenvalue weighted by molar-refractivity contribution is 0.458. The van der Waals surface area contributed by atoms with Crippen molar-refractivity contribution in [1.29, 1.82) is 0 Å². The predicted octanol–water partition coefficient (Wildman–Crippen LogP) is 5.09. The number of phenols is 1. The molecule has 0 heterocycles. The van der Waals surface area contributed by atoms with E-state index in [1.54, 1.807) is 0 Å². The highest BCUT2D eigenvalue weighted by molar-refractivity contribution is 9.11. The lowest BCUT2D eigenvalue weighted by Crippen LogP contribution is -2.07. The van der Waals surface area contributed by atoms with E-state index < -0.39 is 29.0 Å². The zero-order chi connectivity index (χ0) is 15.7. The van der Waals surface area contributed by atoms with Crippen molar-refractivity contribution < 1.29 is 22.7 Å². The summed E-state index contributed by atoms with van der Waals surface area (Å²) in [5, 5.41) is 11.8. The molecule has 21 heavy (non-hydrogen) atoms. The van der Waals surface area contributed by atoms with Gasteiger partial charge in [0.05, 0.1) is 8.95 Å². The maximum atomic E-state index is 13.5. The Morgan fingerprint density at radius 1 is 0.905 bits per heavy atom. The van der Waals surface area contributed by atoms with Gasteiger partial charge < -0.3 is 10.4 Å². The molecular weight excluding hydrogens is 422 g/mol. The molecule has 0 saturated heterocycles. The fourth-order valence-electron chi connectivity index (χ4n) is 1.64. The smallest absolute Gasteiger partial charge is 0.185 e. The first-order valence-corrected chi connectivity index (χ1v) is 7.13. The lowest BCUT2D eigenvalue weighted by Gasteiger charge is -2.11. The summed E-state index contributed by atoms with van der Waals surface area (Å²) < 4.78 is 53.8. The maximum Gasteiger partial charge on any atom is 0.185 e. The number of benzene rings is 2. The third-order valence-corrected chi connectivity index (χ3v) is 3.87. The Morgan fingerprint density at radius 3 is 1.86 bits per heavy atom. The van der Waals surface area contributed by atoms with Crippen LogP contribution >= 0.6 is 31.9 Å². The lowest BCUT2D eigenvalue weighted by atomic mass is 10.2. The van der Waals surface area contributed by atoms with Gasteiger partial charge in [0.25, 0.3) is 0 Å². The van der Waals surface area contributed by atoms with Crippen molar-refractivity contribution in [2.45, 2.75) is 6.54 Å². The molecule has 0 atom stereocenters. The Morgan fingerprint density at radius 2 is 1.38 bits per heavy atom. The Balaban J connectivity index is 2.29. The second-order valence-electron chi connectivity index (χ2n) is 4.10. The monoisotopic (exact) mass is 427 g/mol. The third-order valence-electron chi connectivity index (χ3n) is 2.66. The number of hydrogen-bond donors (Lipinski definition) is 2. The average Bonchev–Trinajstić information content (AvgIpc) is 2.42. The van der Waals surface area contributed by atoms with Crippen molar-refractivity contribution in [2.75, 3.05) is 5.32 Å². The van der Waals surface area contributed by atoms with E-state index in [4.69, 9.17) is 0 Å². The number of rotatable bonds is 3. The quantitative estimate of drug-likeness (QED) is 0.527. The van der Waals surface area contributed by atoms with Crippen molar-refractivity contribution in [3.63, 3.8) is 0 Å². The molecule has 0 aromatic heterocycles. The van der Waals surface area contributed by atoms with E-state index in [1.807, 2.05) is 0 Å². The topological polar surface area (TPSA) is 32.3 Å². The van der Waals surface area contributed by atoms with Crippen LogP contribution in [-0.4, -0.2) is 5.11 Å². The van der Waals surface area contributed by atoms with Gasteiger partial charge in [-0.1, -0.05) is 0 Å². The number of nitrogens with one attached hydrogen (secondary N) is 1. The molecule has 2 aromatic rings. The van der Waals surface area contributed by atoms with E-state index in [1.165, 1.54) is 12.1 Å². The van der Waals surface area contributed by atoms with Crippen LogP contribution in [0.4, 0.5) is 23.2 Å². The zero-order valence-corrected chi connectivity index (χ0v) is 13.3. The fourth-order valence-corrected chi connectivity index (χ4v) is 2.92. The summed E-state index contributed by atoms with van der Waals surface area (Å²) in [6.45, 7) is -0.103. The Bertz CT molecular complexity index is 660. The first-order chi connectivity index (χ1) is 9.81. The van der Waals surface area contributed by atoms with Crippen LogP contribution in [0.25, 0.3) is 0 Å². The van der Waals surface area contributed by atoms with Crippen LogP contribution < -0.4 is 5.32 Å². The fraction of sp³-hybridized carbons (Fsp3) is 0.0769. The molecule has 0 saturated carbocycles. The van der Waals surface area contributed by atoms with Crippen LogP contribution in [0.5, 0.6) is 5.75 Å². The second kappa shape index (κ2) is 6.23. The molecule has 0 aliphatic rings. The Kier molecular flexibility index (Phi) is 4.77. The normalized spacial score (nSPS) is 10.8. The first kappa shape index (κ1) is 16.1. The molecule has 0 amide bonds. The first-order valence-electron chi connectivity index (χ1n) is 5.55. The molecule has 112 valence electrons. The van der Waals surface area contributed by atoms with Gasteiger partial charge in [-0.3, -0.25) is 0 Å². The van der Waals surface area contributed by atoms with E-state index in [0.717, 1.165) is 0 Å². The molecule has 0 aliphatic carbocycles. The van der Waals surface area contributed by atoms with Crippen LogP contribution in [0.15, 0.2) is 27.1 Å². The van der Waals surface area contributed by atoms with Crippen molar-refractivity contribution in [3.8, 4) is 5.75 Å². The van der Waals surface area contributed by atoms with Gasteiger partial charge in [0, 0.05) is 12.6 Å². The Labute approximate surface area is 134 Å². The van der Waals surface area contributed by atoms with Gasteiger partial charge in [-0.05, 0) is 49.6 Å². The maximum absolute atomic E-state index is 13.5. The number of hydrogen-bond acceptors (Lipinski definition) is 2. The summed E-state index contributed by atoms with van der Waals surface area (Å²) in [5.74, 6) is -5.99. The molecule has 0 spiro atoms. The SMILES string of the molecule is Oc1c(Br)cc(CNc2c(F)c(F)cc(F)c2F)cc1Br. The van der Waals surface area contributed by atoms with E-state index >= 15 is 0 Å². The average molecular weight is 429 g/mol. The minimum atomic E-state index is -1.49. The summed E-state index contributed by atoms with van der Waals surface area (Å²) in [6, 6.07) is 3.14. The van der Waals surface area contributed by atoms with Crippen molar-refractivity contribution >= 4 is 37.5 Å². The van der Waals surface area contributed by atoms with E-state index in [9.17, 15) is 22.7 Å². The Hall–Kier alpha value is -1.28. The molecular formula is C13H7Br2F4NO. The molecule has 2 nitrogen and oxygen atoms in total. The molecule has 0 unspecified atom stereocenters. The molecule has 0 aliphatic heterocycles. The molecule has 8 heteroatoms. The molecule has 0 radical (unpaired) electrons. The standard InChI is InChI=1S/C13H7Br2F4NO/c14-6-1-5(2-7(15)13(6)21)4-20-12-10(18)8(16)3-9(17)11(12)19/h1-3,20-21H,4H2. The van der Waals surface area contributed by atoms with Gasteiger partial charge >= 0.3 is 0 Å². The molecule has 2 N–H and O–H groups in total. The third kappa shape index (κ3) is 3.32. The second-order valence-corrected chi connectivity index (χ2v) is 5.81. The van der Waals surface area contributed by atoms with Gasteiger partial charge in [-0.2, -0.15) is 0 Å². The summed E-state index contributed by atoms with van der Waals surface area (Å²) in [4.78, 5) is 0. The van der Waals surface area contributed by atoms with E-state index in [0.29, 0.717) is 14.5 Å². The van der Waals surface area contributed by atoms with E-state index in [-0.39, 0.29) is 18.4 Å².